The number of benzene rings is 1. The van der Waals surface area contributed by atoms with Crippen LogP contribution in [0.25, 0.3) is 39.4 Å². The highest BCUT2D eigenvalue weighted by Crippen LogP contribution is 2.33. The highest BCUT2D eigenvalue weighted by atomic mass is 35.5. The van der Waals surface area contributed by atoms with Gasteiger partial charge in [0.05, 0.1) is 22.6 Å². The number of nitrogens with zero attached hydrogens (tertiary/aromatic N) is 8. The molecule has 0 saturated carbocycles. The van der Waals surface area contributed by atoms with E-state index in [1.54, 1.807) is 29.5 Å². The Morgan fingerprint density at radius 3 is 2.64 bits per heavy atom. The van der Waals surface area contributed by atoms with Crippen LogP contribution in [-0.4, -0.2) is 39.1 Å². The molecular formula is C26H23ClN10O2. The normalized spacial score (nSPS) is 13.8. The van der Waals surface area contributed by atoms with Gasteiger partial charge < -0.3 is 15.5 Å². The van der Waals surface area contributed by atoms with Crippen LogP contribution in [0.2, 0.25) is 5.15 Å². The van der Waals surface area contributed by atoms with Gasteiger partial charge in [0, 0.05) is 36.0 Å². The first-order chi connectivity index (χ1) is 19.9. The Morgan fingerprint density at radius 1 is 1.13 bits per heavy atom. The van der Waals surface area contributed by atoms with Crippen LogP contribution >= 0.6 is 11.6 Å². The van der Waals surface area contributed by atoms with Crippen LogP contribution in [0, 0.1) is 13.8 Å². The summed E-state index contributed by atoms with van der Waals surface area (Å²) in [5, 5.41) is 11.8. The molecule has 1 aromatic carbocycles. The van der Waals surface area contributed by atoms with Crippen molar-refractivity contribution in [2.75, 3.05) is 11.1 Å². The first-order valence-electron chi connectivity index (χ1n) is 13.3. The minimum absolute atomic E-state index is 0.0466. The molecule has 0 spiro atoms. The van der Waals surface area contributed by atoms with Crippen LogP contribution in [0.5, 0.6) is 0 Å². The molecule has 1 atom stereocenters. The number of halogens is 1. The second-order valence-electron chi connectivity index (χ2n) is 9.03. The molecule has 6 rings (SSSR count). The predicted molar refractivity (Wildman–Crippen MR) is 147 cm³/mol. The summed E-state index contributed by atoms with van der Waals surface area (Å²) in [5.74, 6) is 0.600. The molecule has 0 fully saturated rings. The number of hydrogen-bond acceptors (Lipinski definition) is 10. The SMILES string of the molecule is [2H]C([2H])([2H])n1c(=O)c2cc(C)cc(C(C)Nc3ccc(Cl)nc3-c3nnc(C)o3)c2n2cnc(-c3cnc(N)nc3)c12. The maximum absolute atomic E-state index is 13.9. The van der Waals surface area contributed by atoms with Crippen LogP contribution in [0.3, 0.4) is 0 Å². The number of nitrogen functional groups attached to an aromatic ring is 1. The van der Waals surface area contributed by atoms with Crippen molar-refractivity contribution >= 4 is 39.8 Å². The minimum Gasteiger partial charge on any atom is -0.420 e. The molecular weight excluding hydrogens is 520 g/mol. The van der Waals surface area contributed by atoms with Gasteiger partial charge in [-0.2, -0.15) is 0 Å². The van der Waals surface area contributed by atoms with Gasteiger partial charge in [-0.1, -0.05) is 17.7 Å². The average molecular weight is 546 g/mol. The lowest BCUT2D eigenvalue weighted by atomic mass is 10.0. The number of fused-ring (bicyclic) bond motifs is 3. The molecule has 5 aromatic heterocycles. The van der Waals surface area contributed by atoms with Crippen molar-refractivity contribution in [2.45, 2.75) is 26.8 Å². The maximum atomic E-state index is 13.9. The molecule has 0 aliphatic carbocycles. The van der Waals surface area contributed by atoms with Gasteiger partial charge in [-0.3, -0.25) is 13.8 Å². The Labute approximate surface area is 230 Å². The molecule has 0 aliphatic heterocycles. The van der Waals surface area contributed by atoms with E-state index in [-0.39, 0.29) is 33.7 Å². The number of pyridine rings is 1. The summed E-state index contributed by atoms with van der Waals surface area (Å²) in [6.45, 7) is 2.59. The second-order valence-corrected chi connectivity index (χ2v) is 9.42. The summed E-state index contributed by atoms with van der Waals surface area (Å²) in [7, 11) is 0. The Bertz CT molecular complexity index is 2050. The maximum Gasteiger partial charge on any atom is 0.268 e. The molecule has 39 heavy (non-hydrogen) atoms. The monoisotopic (exact) mass is 545 g/mol. The van der Waals surface area contributed by atoms with Gasteiger partial charge in [-0.15, -0.1) is 10.2 Å². The number of nitrogens with two attached hydrogens (primary N) is 1. The smallest absolute Gasteiger partial charge is 0.268 e. The van der Waals surface area contributed by atoms with Crippen LogP contribution in [0.4, 0.5) is 11.6 Å². The number of aryl methyl sites for hydroxylation is 3. The molecule has 6 aromatic rings. The first kappa shape index (κ1) is 21.1. The van der Waals surface area contributed by atoms with Crippen LogP contribution in [-0.2, 0) is 6.98 Å². The van der Waals surface area contributed by atoms with Crippen LogP contribution in [0.15, 0.2) is 52.2 Å². The summed E-state index contributed by atoms with van der Waals surface area (Å²) in [4.78, 5) is 30.8. The molecule has 13 heteroatoms. The van der Waals surface area contributed by atoms with Gasteiger partial charge in [-0.25, -0.2) is 19.9 Å². The van der Waals surface area contributed by atoms with E-state index >= 15 is 0 Å². The summed E-state index contributed by atoms with van der Waals surface area (Å²) < 4.78 is 32.6. The van der Waals surface area contributed by atoms with Crippen molar-refractivity contribution < 1.29 is 8.53 Å². The topological polar surface area (TPSA) is 155 Å². The third kappa shape index (κ3) is 4.14. The quantitative estimate of drug-likeness (QED) is 0.302. The number of imidazole rings is 1. The minimum atomic E-state index is -2.81. The van der Waals surface area contributed by atoms with Gasteiger partial charge in [0.15, 0.2) is 5.69 Å². The summed E-state index contributed by atoms with van der Waals surface area (Å²) in [6.07, 6.45) is 4.34. The molecule has 1 unspecified atom stereocenters. The van der Waals surface area contributed by atoms with Gasteiger partial charge >= 0.3 is 0 Å². The van der Waals surface area contributed by atoms with Crippen molar-refractivity contribution in [1.29, 1.82) is 0 Å². The number of anilines is 2. The number of aromatic nitrogens is 8. The molecule has 0 amide bonds. The fourth-order valence-electron chi connectivity index (χ4n) is 4.59. The van der Waals surface area contributed by atoms with Gasteiger partial charge in [0.2, 0.25) is 11.8 Å². The zero-order valence-electron chi connectivity index (χ0n) is 24.0. The second kappa shape index (κ2) is 9.17. The predicted octanol–water partition coefficient (Wildman–Crippen LogP) is 4.11. The van der Waals surface area contributed by atoms with Gasteiger partial charge in [0.25, 0.3) is 11.4 Å². The molecule has 0 aliphatic rings. The standard InChI is InChI=1S/C26H23ClN10O2/c1-12-7-16(13(2)32-18-5-6-19(27)33-21(18)23-35-34-14(3)39-23)22-17(8-12)25(38)36(4)24-20(31-11-37(22)24)15-9-29-26(28)30-10-15/h5-11,13,32H,1-4H3,(H2,28,29,30)/i4D3. The van der Waals surface area contributed by atoms with E-state index < -0.39 is 18.6 Å². The summed E-state index contributed by atoms with van der Waals surface area (Å²) in [6, 6.07) is 6.52. The highest BCUT2D eigenvalue weighted by Gasteiger charge is 2.22. The lowest BCUT2D eigenvalue weighted by Gasteiger charge is -2.21. The van der Waals surface area contributed by atoms with E-state index in [1.807, 2.05) is 19.9 Å². The highest BCUT2D eigenvalue weighted by molar-refractivity contribution is 6.29. The van der Waals surface area contributed by atoms with Crippen molar-refractivity contribution in [2.24, 2.45) is 6.98 Å². The first-order valence-corrected chi connectivity index (χ1v) is 12.2. The lowest BCUT2D eigenvalue weighted by Crippen LogP contribution is -2.21. The lowest BCUT2D eigenvalue weighted by molar-refractivity contribution is 0.531. The van der Waals surface area contributed by atoms with Crippen molar-refractivity contribution in [3.8, 4) is 22.8 Å². The van der Waals surface area contributed by atoms with Gasteiger partial charge in [-0.05, 0) is 43.2 Å². The van der Waals surface area contributed by atoms with Gasteiger partial charge in [0.1, 0.15) is 22.8 Å². The molecule has 196 valence electrons. The van der Waals surface area contributed by atoms with E-state index in [0.717, 1.165) is 10.1 Å². The Balaban J connectivity index is 1.60. The fraction of sp³-hybridized carbons (Fsp3) is 0.192. The molecule has 0 bridgehead atoms. The zero-order chi connectivity index (χ0) is 29.9. The Kier molecular flexibility index (Phi) is 4.97. The molecule has 0 radical (unpaired) electrons. The van der Waals surface area contributed by atoms with E-state index in [0.29, 0.717) is 33.9 Å². The zero-order valence-corrected chi connectivity index (χ0v) is 21.7. The molecule has 12 nitrogen and oxygen atoms in total. The third-order valence-electron chi connectivity index (χ3n) is 6.29. The van der Waals surface area contributed by atoms with E-state index in [1.165, 1.54) is 18.7 Å². The number of rotatable bonds is 5. The van der Waals surface area contributed by atoms with Crippen molar-refractivity contribution in [3.63, 3.8) is 0 Å². The largest absolute Gasteiger partial charge is 0.420 e. The number of nitrogens with one attached hydrogen (secondary N) is 1. The molecule has 5 heterocycles. The van der Waals surface area contributed by atoms with E-state index in [2.05, 4.69) is 35.5 Å². The van der Waals surface area contributed by atoms with Crippen LogP contribution in [0.1, 0.15) is 34.1 Å². The van der Waals surface area contributed by atoms with Crippen molar-refractivity contribution in [3.05, 3.63) is 75.5 Å². The average Bonchev–Trinajstić information content (AvgIpc) is 3.55. The molecule has 0 saturated heterocycles. The Morgan fingerprint density at radius 2 is 1.92 bits per heavy atom. The molecule has 3 N–H and O–H groups in total. The Hall–Kier alpha value is -4.84. The third-order valence-corrected chi connectivity index (χ3v) is 6.50. The van der Waals surface area contributed by atoms with Crippen molar-refractivity contribution in [1.82, 2.24) is 39.1 Å². The summed E-state index contributed by atoms with van der Waals surface area (Å²) >= 11 is 6.18. The van der Waals surface area contributed by atoms with E-state index in [9.17, 15) is 4.79 Å². The van der Waals surface area contributed by atoms with Crippen LogP contribution < -0.4 is 16.6 Å². The number of hydrogen-bond donors (Lipinski definition) is 2. The van der Waals surface area contributed by atoms with E-state index in [4.69, 9.17) is 25.9 Å². The fourth-order valence-corrected chi connectivity index (χ4v) is 4.73. The summed E-state index contributed by atoms with van der Waals surface area (Å²) in [5.41, 5.74) is 8.49.